The van der Waals surface area contributed by atoms with Crippen LogP contribution in [0.2, 0.25) is 0 Å². The molecule has 9 heteroatoms. The Morgan fingerprint density at radius 2 is 1.74 bits per heavy atom. The molecule has 176 valence electrons. The maximum absolute atomic E-state index is 13.2. The lowest BCUT2D eigenvalue weighted by atomic mass is 10.1. The first-order valence-corrected chi connectivity index (χ1v) is 12.4. The van der Waals surface area contributed by atoms with Crippen LogP contribution < -0.4 is 14.9 Å². The SMILES string of the molecule is O=C(NCc1cccc(N2CCCCC2=O)c1)c1ccccc1NS(=O)(=O)c1ccc(F)cc1. The summed E-state index contributed by atoms with van der Waals surface area (Å²) in [4.78, 5) is 26.7. The maximum Gasteiger partial charge on any atom is 0.261 e. The molecule has 0 spiro atoms. The van der Waals surface area contributed by atoms with E-state index in [9.17, 15) is 22.4 Å². The number of carbonyl (C=O) groups excluding carboxylic acids is 2. The fourth-order valence-corrected chi connectivity index (χ4v) is 4.86. The zero-order valence-corrected chi connectivity index (χ0v) is 19.1. The molecular formula is C25H24FN3O4S. The van der Waals surface area contributed by atoms with E-state index in [1.54, 1.807) is 17.0 Å². The quantitative estimate of drug-likeness (QED) is 0.532. The smallest absolute Gasteiger partial charge is 0.261 e. The fourth-order valence-electron chi connectivity index (χ4n) is 3.78. The van der Waals surface area contributed by atoms with Gasteiger partial charge in [-0.25, -0.2) is 12.8 Å². The maximum atomic E-state index is 13.2. The number of hydrogen-bond donors (Lipinski definition) is 2. The van der Waals surface area contributed by atoms with Crippen molar-refractivity contribution >= 4 is 33.2 Å². The van der Waals surface area contributed by atoms with E-state index in [4.69, 9.17) is 0 Å². The molecule has 2 amide bonds. The van der Waals surface area contributed by atoms with Gasteiger partial charge in [-0.2, -0.15) is 0 Å². The molecule has 4 rings (SSSR count). The van der Waals surface area contributed by atoms with Crippen LogP contribution in [0, 0.1) is 5.82 Å². The molecule has 1 saturated heterocycles. The van der Waals surface area contributed by atoms with Gasteiger partial charge < -0.3 is 10.2 Å². The summed E-state index contributed by atoms with van der Waals surface area (Å²) in [6, 6.07) is 18.1. The fraction of sp³-hybridized carbons (Fsp3) is 0.200. The van der Waals surface area contributed by atoms with Crippen molar-refractivity contribution in [2.24, 2.45) is 0 Å². The number of benzene rings is 3. The minimum atomic E-state index is -4.01. The van der Waals surface area contributed by atoms with Gasteiger partial charge in [0.15, 0.2) is 0 Å². The Kier molecular flexibility index (Phi) is 6.93. The summed E-state index contributed by atoms with van der Waals surface area (Å²) in [6.45, 7) is 0.879. The summed E-state index contributed by atoms with van der Waals surface area (Å²) in [5.41, 5.74) is 1.87. The summed E-state index contributed by atoms with van der Waals surface area (Å²) in [6.07, 6.45) is 2.39. The largest absolute Gasteiger partial charge is 0.348 e. The lowest BCUT2D eigenvalue weighted by Gasteiger charge is -2.27. The van der Waals surface area contributed by atoms with Crippen molar-refractivity contribution in [2.45, 2.75) is 30.7 Å². The van der Waals surface area contributed by atoms with Crippen molar-refractivity contribution in [3.63, 3.8) is 0 Å². The van der Waals surface area contributed by atoms with Crippen LogP contribution in [0.25, 0.3) is 0 Å². The van der Waals surface area contributed by atoms with Gasteiger partial charge in [-0.15, -0.1) is 0 Å². The number of anilines is 2. The van der Waals surface area contributed by atoms with Crippen LogP contribution in [-0.2, 0) is 21.4 Å². The van der Waals surface area contributed by atoms with Crippen LogP contribution in [0.3, 0.4) is 0 Å². The third kappa shape index (κ3) is 5.43. The molecule has 1 heterocycles. The molecule has 3 aromatic rings. The highest BCUT2D eigenvalue weighted by molar-refractivity contribution is 7.92. The first kappa shape index (κ1) is 23.4. The van der Waals surface area contributed by atoms with Crippen molar-refractivity contribution < 1.29 is 22.4 Å². The molecule has 0 aliphatic carbocycles. The van der Waals surface area contributed by atoms with E-state index in [0.717, 1.165) is 48.4 Å². The summed E-state index contributed by atoms with van der Waals surface area (Å²) < 4.78 is 40.9. The zero-order chi connectivity index (χ0) is 24.1. The first-order valence-electron chi connectivity index (χ1n) is 10.9. The van der Waals surface area contributed by atoms with Gasteiger partial charge >= 0.3 is 0 Å². The Morgan fingerprint density at radius 3 is 2.50 bits per heavy atom. The van der Waals surface area contributed by atoms with Gasteiger partial charge in [0.05, 0.1) is 16.1 Å². The van der Waals surface area contributed by atoms with Crippen LogP contribution in [0.4, 0.5) is 15.8 Å². The number of amides is 2. The zero-order valence-electron chi connectivity index (χ0n) is 18.3. The lowest BCUT2D eigenvalue weighted by molar-refractivity contribution is -0.119. The van der Waals surface area contributed by atoms with Gasteiger partial charge in [-0.1, -0.05) is 24.3 Å². The van der Waals surface area contributed by atoms with E-state index in [-0.39, 0.29) is 28.6 Å². The second-order valence-corrected chi connectivity index (χ2v) is 9.64. The third-order valence-corrected chi connectivity index (χ3v) is 6.92. The lowest BCUT2D eigenvalue weighted by Crippen LogP contribution is -2.35. The van der Waals surface area contributed by atoms with E-state index >= 15 is 0 Å². The highest BCUT2D eigenvalue weighted by Gasteiger charge is 2.21. The number of sulfonamides is 1. The van der Waals surface area contributed by atoms with Crippen LogP contribution in [0.15, 0.2) is 77.7 Å². The average molecular weight is 482 g/mol. The van der Waals surface area contributed by atoms with Crippen molar-refractivity contribution in [1.82, 2.24) is 5.32 Å². The van der Waals surface area contributed by atoms with Gasteiger partial charge in [0.2, 0.25) is 5.91 Å². The van der Waals surface area contributed by atoms with Crippen molar-refractivity contribution in [1.29, 1.82) is 0 Å². The Bertz CT molecular complexity index is 1310. The molecule has 3 aromatic carbocycles. The highest BCUT2D eigenvalue weighted by atomic mass is 32.2. The molecule has 34 heavy (non-hydrogen) atoms. The minimum Gasteiger partial charge on any atom is -0.348 e. The molecule has 7 nitrogen and oxygen atoms in total. The summed E-state index contributed by atoms with van der Waals surface area (Å²) in [5.74, 6) is -0.917. The van der Waals surface area contributed by atoms with E-state index in [1.807, 2.05) is 24.3 Å². The van der Waals surface area contributed by atoms with E-state index in [2.05, 4.69) is 10.0 Å². The number of nitrogens with zero attached hydrogens (tertiary/aromatic N) is 1. The number of carbonyl (C=O) groups is 2. The Morgan fingerprint density at radius 1 is 0.971 bits per heavy atom. The molecule has 0 saturated carbocycles. The summed E-state index contributed by atoms with van der Waals surface area (Å²) in [5, 5.41) is 2.80. The Balaban J connectivity index is 1.47. The molecule has 1 aliphatic rings. The molecular weight excluding hydrogens is 457 g/mol. The molecule has 0 atom stereocenters. The standard InChI is InChI=1S/C25H24FN3O4S/c26-19-11-13-21(14-12-19)34(32,33)28-23-9-2-1-8-22(23)25(31)27-17-18-6-5-7-20(16-18)29-15-4-3-10-24(29)30/h1-2,5-9,11-14,16,28H,3-4,10,15,17H2,(H,27,31). The number of halogens is 1. The average Bonchev–Trinajstić information content (AvgIpc) is 2.83. The number of hydrogen-bond acceptors (Lipinski definition) is 4. The summed E-state index contributed by atoms with van der Waals surface area (Å²) >= 11 is 0. The minimum absolute atomic E-state index is 0.0924. The number of para-hydroxylation sites is 1. The van der Waals surface area contributed by atoms with Crippen molar-refractivity contribution in [3.05, 3.63) is 89.7 Å². The monoisotopic (exact) mass is 481 g/mol. The Labute approximate surface area is 197 Å². The predicted octanol–water partition coefficient (Wildman–Crippen LogP) is 4.07. The van der Waals surface area contributed by atoms with Crippen LogP contribution in [0.1, 0.15) is 35.2 Å². The summed E-state index contributed by atoms with van der Waals surface area (Å²) in [7, 11) is -4.01. The molecule has 1 aliphatic heterocycles. The highest BCUT2D eigenvalue weighted by Crippen LogP contribution is 2.23. The van der Waals surface area contributed by atoms with Crippen LogP contribution >= 0.6 is 0 Å². The van der Waals surface area contributed by atoms with Crippen molar-refractivity contribution in [3.8, 4) is 0 Å². The number of rotatable bonds is 7. The van der Waals surface area contributed by atoms with Gasteiger partial charge in [-0.3, -0.25) is 14.3 Å². The normalized spacial score (nSPS) is 14.0. The van der Waals surface area contributed by atoms with Gasteiger partial charge in [0, 0.05) is 25.2 Å². The molecule has 1 fully saturated rings. The van der Waals surface area contributed by atoms with Gasteiger partial charge in [-0.05, 0) is 66.9 Å². The predicted molar refractivity (Wildman–Crippen MR) is 127 cm³/mol. The van der Waals surface area contributed by atoms with Crippen LogP contribution in [-0.4, -0.2) is 26.8 Å². The molecule has 0 bridgehead atoms. The number of piperidine rings is 1. The van der Waals surface area contributed by atoms with E-state index < -0.39 is 21.7 Å². The topological polar surface area (TPSA) is 95.6 Å². The molecule has 2 N–H and O–H groups in total. The molecule has 0 unspecified atom stereocenters. The van der Waals surface area contributed by atoms with Crippen molar-refractivity contribution in [2.75, 3.05) is 16.2 Å². The van der Waals surface area contributed by atoms with E-state index in [0.29, 0.717) is 13.0 Å². The third-order valence-electron chi connectivity index (χ3n) is 5.54. The Hall–Kier alpha value is -3.72. The number of nitrogens with one attached hydrogen (secondary N) is 2. The van der Waals surface area contributed by atoms with Crippen LogP contribution in [0.5, 0.6) is 0 Å². The van der Waals surface area contributed by atoms with Gasteiger partial charge in [0.25, 0.3) is 15.9 Å². The van der Waals surface area contributed by atoms with E-state index in [1.165, 1.54) is 12.1 Å². The second-order valence-electron chi connectivity index (χ2n) is 7.96. The van der Waals surface area contributed by atoms with Gasteiger partial charge in [0.1, 0.15) is 5.82 Å². The molecule has 0 aromatic heterocycles. The molecule has 0 radical (unpaired) electrons. The second kappa shape index (κ2) is 10.0. The first-order chi connectivity index (χ1) is 16.3.